The largest absolute Gasteiger partial charge is 2.00 e. The summed E-state index contributed by atoms with van der Waals surface area (Å²) in [6, 6.07) is 5.82. The van der Waals surface area contributed by atoms with Crippen molar-refractivity contribution in [1.29, 1.82) is 0 Å². The van der Waals surface area contributed by atoms with Gasteiger partial charge in [-0.2, -0.15) is 11.6 Å². The molecular weight excluding hydrogens is 436 g/mol. The molecule has 0 aliphatic carbocycles. The fourth-order valence-corrected chi connectivity index (χ4v) is 1.12. The Labute approximate surface area is 110 Å². The second-order valence-electron chi connectivity index (χ2n) is 2.50. The molecule has 14 heavy (non-hydrogen) atoms. The first-order chi connectivity index (χ1) is 6.11. The van der Waals surface area contributed by atoms with E-state index in [9.17, 15) is 8.78 Å². The molecule has 1 aromatic carbocycles. The Bertz CT molecular complexity index is 294. The zero-order chi connectivity index (χ0) is 9.84. The van der Waals surface area contributed by atoms with Crippen LogP contribution in [-0.2, 0) is 5.88 Å². The second-order valence-corrected chi connectivity index (χ2v) is 2.76. The smallest absolute Gasteiger partial charge is 0.618 e. The van der Waals surface area contributed by atoms with Gasteiger partial charge in [-0.3, -0.25) is 0 Å². The molecule has 5 heteroatoms. The number of halogens is 3. The third kappa shape index (κ3) is 4.64. The Morgan fingerprint density at radius 2 is 2.14 bits per heavy atom. The summed E-state index contributed by atoms with van der Waals surface area (Å²) in [5.41, 5.74) is 1.45. The van der Waals surface area contributed by atoms with Crippen LogP contribution in [0.2, 0.25) is 0 Å². The molecule has 1 rings (SSSR count). The van der Waals surface area contributed by atoms with Gasteiger partial charge in [0.25, 0.3) is 0 Å². The molecule has 0 spiro atoms. The van der Waals surface area contributed by atoms with Gasteiger partial charge in [0.2, 0.25) is 0 Å². The molecule has 0 atom stereocenters. The van der Waals surface area contributed by atoms with E-state index in [-0.39, 0.29) is 42.7 Å². The summed E-state index contributed by atoms with van der Waals surface area (Å²) in [6.45, 7) is -0.360. The SMILES string of the molecule is Cc1[c-]c(O[C-](F)F)cc(CCl)c1.[U+2]. The van der Waals surface area contributed by atoms with Crippen molar-refractivity contribution in [3.8, 4) is 5.75 Å². The van der Waals surface area contributed by atoms with Gasteiger partial charge in [-0.1, -0.05) is 6.92 Å². The summed E-state index contributed by atoms with van der Waals surface area (Å²) in [4.78, 5) is 0. The summed E-state index contributed by atoms with van der Waals surface area (Å²) in [7, 11) is 0. The number of rotatable bonds is 3. The summed E-state index contributed by atoms with van der Waals surface area (Å²) in [5.74, 6) is 0.260. The van der Waals surface area contributed by atoms with Crippen molar-refractivity contribution in [3.63, 3.8) is 0 Å². The van der Waals surface area contributed by atoms with Gasteiger partial charge in [-0.05, 0) is 5.75 Å². The van der Waals surface area contributed by atoms with Crippen LogP contribution in [0.4, 0.5) is 8.78 Å². The maximum absolute atomic E-state index is 11.7. The predicted molar refractivity (Wildman–Crippen MR) is 45.7 cm³/mol. The number of alkyl halides is 1. The third-order valence-corrected chi connectivity index (χ3v) is 1.69. The zero-order valence-corrected chi connectivity index (χ0v) is 12.3. The molecule has 0 aliphatic rings. The number of ether oxygens (including phenoxy) is 1. The van der Waals surface area contributed by atoms with Gasteiger partial charge in [-0.15, -0.1) is 29.3 Å². The van der Waals surface area contributed by atoms with Gasteiger partial charge in [0.15, 0.2) is 6.61 Å². The topological polar surface area (TPSA) is 9.23 Å². The molecule has 1 nitrogen and oxygen atoms in total. The van der Waals surface area contributed by atoms with Gasteiger partial charge < -0.3 is 13.5 Å². The molecule has 0 saturated heterocycles. The zero-order valence-electron chi connectivity index (χ0n) is 7.40. The minimum absolute atomic E-state index is 0. The van der Waals surface area contributed by atoms with Crippen LogP contribution in [0.5, 0.6) is 5.75 Å². The number of benzene rings is 1. The van der Waals surface area contributed by atoms with Crippen LogP contribution < -0.4 is 4.74 Å². The fraction of sp³-hybridized carbons (Fsp3) is 0.222. The first-order valence-electron chi connectivity index (χ1n) is 3.56. The summed E-state index contributed by atoms with van der Waals surface area (Å²) < 4.78 is 27.6. The van der Waals surface area contributed by atoms with E-state index >= 15 is 0 Å². The van der Waals surface area contributed by atoms with Crippen LogP contribution in [0.25, 0.3) is 0 Å². The average molecular weight is 443 g/mol. The molecule has 0 saturated carbocycles. The Morgan fingerprint density at radius 1 is 1.50 bits per heavy atom. The van der Waals surface area contributed by atoms with Crippen molar-refractivity contribution in [2.24, 2.45) is 0 Å². The fourth-order valence-electron chi connectivity index (χ4n) is 0.970. The van der Waals surface area contributed by atoms with Crippen molar-refractivity contribution >= 4 is 11.6 Å². The van der Waals surface area contributed by atoms with Crippen molar-refractivity contribution in [2.75, 3.05) is 0 Å². The molecule has 0 N–H and O–H groups in total. The van der Waals surface area contributed by atoms with Crippen LogP contribution in [-0.4, -0.2) is 0 Å². The van der Waals surface area contributed by atoms with Crippen LogP contribution in [0.1, 0.15) is 11.1 Å². The average Bonchev–Trinajstić information content (AvgIpc) is 2.01. The first kappa shape index (κ1) is 14.2. The normalized spacial score (nSPS) is 9.79. The molecule has 0 aliphatic heterocycles. The molecule has 0 bridgehead atoms. The minimum Gasteiger partial charge on any atom is -0.618 e. The predicted octanol–water partition coefficient (Wildman–Crippen LogP) is 3.30. The molecule has 0 fully saturated rings. The Hall–Kier alpha value is 0.222. The van der Waals surface area contributed by atoms with Crippen LogP contribution in [0.15, 0.2) is 12.1 Å². The summed E-state index contributed by atoms with van der Waals surface area (Å²) in [6.07, 6.45) is 0. The van der Waals surface area contributed by atoms with Gasteiger partial charge in [-0.25, -0.2) is 0 Å². The van der Waals surface area contributed by atoms with E-state index in [4.69, 9.17) is 11.6 Å². The molecule has 0 amide bonds. The summed E-state index contributed by atoms with van der Waals surface area (Å²) in [5, 5.41) is 0. The first-order valence-corrected chi connectivity index (χ1v) is 4.10. The van der Waals surface area contributed by atoms with E-state index in [1.54, 1.807) is 13.0 Å². The van der Waals surface area contributed by atoms with E-state index in [1.165, 1.54) is 6.07 Å². The maximum Gasteiger partial charge on any atom is 2.00 e. The van der Waals surface area contributed by atoms with Gasteiger partial charge in [0.05, 0.1) is 0 Å². The molecule has 0 radical (unpaired) electrons. The molecule has 0 unspecified atom stereocenters. The number of aryl methyl sites for hydroxylation is 1. The Balaban J connectivity index is 0.00000169. The van der Waals surface area contributed by atoms with Crippen molar-refractivity contribution < 1.29 is 44.6 Å². The molecular formula is C9H7ClF2OU. The van der Waals surface area contributed by atoms with E-state index in [0.717, 1.165) is 11.1 Å². The maximum atomic E-state index is 11.7. The number of hydrogen-bond acceptors (Lipinski definition) is 1. The van der Waals surface area contributed by atoms with E-state index in [0.29, 0.717) is 0 Å². The minimum atomic E-state index is -2.10. The van der Waals surface area contributed by atoms with Crippen molar-refractivity contribution in [1.82, 2.24) is 0 Å². The van der Waals surface area contributed by atoms with Gasteiger partial charge >= 0.3 is 31.1 Å². The van der Waals surface area contributed by atoms with Gasteiger partial charge in [0, 0.05) is 5.88 Å². The molecule has 0 aromatic heterocycles. The quantitative estimate of drug-likeness (QED) is 0.516. The Morgan fingerprint density at radius 3 is 2.64 bits per heavy atom. The standard InChI is InChI=1S/C9H7ClF2O.U/c1-6-2-7(5-10)4-8(3-6)13-9(11)12;/h2,4H,5H2,1H3;/q-2;+2. The molecule has 74 valence electrons. The van der Waals surface area contributed by atoms with Crippen molar-refractivity contribution in [2.45, 2.75) is 12.8 Å². The molecule has 0 heterocycles. The summed E-state index contributed by atoms with van der Waals surface area (Å²) >= 11 is 5.54. The van der Waals surface area contributed by atoms with Crippen LogP contribution in [0.3, 0.4) is 0 Å². The van der Waals surface area contributed by atoms with Crippen molar-refractivity contribution in [3.05, 3.63) is 35.9 Å². The van der Waals surface area contributed by atoms with Crippen LogP contribution in [0, 0.1) is 50.7 Å². The van der Waals surface area contributed by atoms with Crippen LogP contribution >= 0.6 is 11.6 Å². The monoisotopic (exact) mass is 442 g/mol. The van der Waals surface area contributed by atoms with E-state index < -0.39 is 6.61 Å². The van der Waals surface area contributed by atoms with Gasteiger partial charge in [0.1, 0.15) is 0 Å². The third-order valence-electron chi connectivity index (χ3n) is 1.38. The molecule has 1 aromatic rings. The van der Waals surface area contributed by atoms with E-state index in [1.807, 2.05) is 0 Å². The second kappa shape index (κ2) is 6.66. The Kier molecular flexibility index (Phi) is 6.76. The van der Waals surface area contributed by atoms with E-state index in [2.05, 4.69) is 10.8 Å². The number of hydrogen-bond donors (Lipinski definition) is 0.